The number of nitrogens with one attached hydrogen (secondary N) is 3. The van der Waals surface area contributed by atoms with Crippen LogP contribution in [-0.4, -0.2) is 71.0 Å². The number of pyridine rings is 1. The average Bonchev–Trinajstić information content (AvgIpc) is 3.31. The number of hydrogen-bond donors (Lipinski definition) is 3. The Morgan fingerprint density at radius 1 is 0.974 bits per heavy atom. The van der Waals surface area contributed by atoms with E-state index < -0.39 is 0 Å². The number of hydrogen-bond acceptors (Lipinski definition) is 9. The van der Waals surface area contributed by atoms with Gasteiger partial charge in [0.05, 0.1) is 30.7 Å². The number of aromatic nitrogens is 4. The van der Waals surface area contributed by atoms with Crippen LogP contribution in [0.4, 0.5) is 22.1 Å². The lowest BCUT2D eigenvalue weighted by Gasteiger charge is -2.32. The highest BCUT2D eigenvalue weighted by Gasteiger charge is 2.35. The van der Waals surface area contributed by atoms with E-state index in [1.54, 1.807) is 24.5 Å². The van der Waals surface area contributed by atoms with Crippen LogP contribution in [0.1, 0.15) is 32.1 Å². The quantitative estimate of drug-likeness (QED) is 0.399. The van der Waals surface area contributed by atoms with E-state index in [0.29, 0.717) is 41.7 Å². The molecule has 2 atom stereocenters. The third-order valence-corrected chi connectivity index (χ3v) is 7.47. The number of rotatable bonds is 8. The van der Waals surface area contributed by atoms with Crippen molar-refractivity contribution in [2.24, 2.45) is 5.92 Å². The number of carbonyl (C=O) groups excluding carboxylic acids is 1. The second kappa shape index (κ2) is 11.9. The Kier molecular flexibility index (Phi) is 7.78. The highest BCUT2D eigenvalue weighted by atomic mass is 16.5. The molecule has 5 heterocycles. The van der Waals surface area contributed by atoms with Gasteiger partial charge in [-0.2, -0.15) is 15.0 Å². The van der Waals surface area contributed by atoms with Gasteiger partial charge in [-0.05, 0) is 87.5 Å². The van der Waals surface area contributed by atoms with Crippen LogP contribution in [0.3, 0.4) is 0 Å². The summed E-state index contributed by atoms with van der Waals surface area (Å²) >= 11 is 0. The van der Waals surface area contributed by atoms with Crippen molar-refractivity contribution < 1.29 is 14.3 Å². The van der Waals surface area contributed by atoms with Gasteiger partial charge in [0, 0.05) is 30.5 Å². The summed E-state index contributed by atoms with van der Waals surface area (Å²) in [5, 5.41) is 9.01. The van der Waals surface area contributed by atoms with Crippen LogP contribution in [0.15, 0.2) is 48.8 Å². The molecule has 204 valence electrons. The third-order valence-electron chi connectivity index (χ3n) is 7.47. The van der Waals surface area contributed by atoms with E-state index in [9.17, 15) is 4.79 Å². The molecule has 3 saturated heterocycles. The van der Waals surface area contributed by atoms with Crippen molar-refractivity contribution in [3.8, 4) is 17.4 Å². The number of carbonyl (C=O) groups is 1. The highest BCUT2D eigenvalue weighted by molar-refractivity contribution is 5.99. The number of urea groups is 1. The number of ether oxygens (including phenoxy) is 2. The maximum absolute atomic E-state index is 12.4. The van der Waals surface area contributed by atoms with Crippen LogP contribution in [0, 0.1) is 5.92 Å². The van der Waals surface area contributed by atoms with Gasteiger partial charge in [-0.15, -0.1) is 0 Å². The van der Waals surface area contributed by atoms with Gasteiger partial charge in [0.2, 0.25) is 5.95 Å². The Balaban J connectivity index is 1.17. The van der Waals surface area contributed by atoms with Gasteiger partial charge >= 0.3 is 12.0 Å². The molecule has 3 fully saturated rings. The largest absolute Gasteiger partial charge is 0.463 e. The van der Waals surface area contributed by atoms with Gasteiger partial charge in [0.1, 0.15) is 0 Å². The minimum absolute atomic E-state index is 0.219. The SMILES string of the molecule is O=C(Nc1ccc(-c2nc(OCCC3CCNCC3)nc(N3CC4CCC(C3)O4)n2)cc1)Nc1cccnc1. The number of amides is 2. The molecule has 3 aliphatic rings. The fraction of sp³-hybridized carbons (Fsp3) is 0.464. The molecule has 3 aromatic rings. The summed E-state index contributed by atoms with van der Waals surface area (Å²) in [6, 6.07) is 11.0. The topological polar surface area (TPSA) is 126 Å². The molecule has 2 unspecified atom stereocenters. The number of morpholine rings is 1. The lowest BCUT2D eigenvalue weighted by Crippen LogP contribution is -2.43. The normalized spacial score (nSPS) is 21.0. The second-order valence-electron chi connectivity index (χ2n) is 10.3. The van der Waals surface area contributed by atoms with Crippen molar-refractivity contribution in [3.63, 3.8) is 0 Å². The standard InChI is InChI=1S/C28H34N8O3/c37-27(32-22-2-1-12-30-16-22)31-21-5-3-20(4-6-21)25-33-26(36-17-23-7-8-24(18-36)39-23)35-28(34-25)38-15-11-19-9-13-29-14-10-19/h1-6,12,16,19,23-24,29H,7-11,13-15,17-18H2,(H2,31,32,37). The molecular weight excluding hydrogens is 496 g/mol. The first-order valence-electron chi connectivity index (χ1n) is 13.8. The molecule has 0 aliphatic carbocycles. The molecule has 3 aliphatic heterocycles. The Hall–Kier alpha value is -3.83. The Labute approximate surface area is 227 Å². The monoisotopic (exact) mass is 530 g/mol. The minimum atomic E-state index is -0.343. The summed E-state index contributed by atoms with van der Waals surface area (Å²) in [6.45, 7) is 4.25. The van der Waals surface area contributed by atoms with E-state index in [1.165, 1.54) is 12.8 Å². The van der Waals surface area contributed by atoms with Crippen molar-refractivity contribution in [3.05, 3.63) is 48.8 Å². The van der Waals surface area contributed by atoms with Crippen LogP contribution in [0.2, 0.25) is 0 Å². The summed E-state index contributed by atoms with van der Waals surface area (Å²) in [5.74, 6) is 1.83. The predicted molar refractivity (Wildman–Crippen MR) is 148 cm³/mol. The molecule has 2 amide bonds. The number of benzene rings is 1. The molecule has 1 aromatic carbocycles. The fourth-order valence-electron chi connectivity index (χ4n) is 5.38. The van der Waals surface area contributed by atoms with E-state index in [-0.39, 0.29) is 18.2 Å². The van der Waals surface area contributed by atoms with Crippen LogP contribution in [0.5, 0.6) is 6.01 Å². The van der Waals surface area contributed by atoms with Gasteiger partial charge in [-0.1, -0.05) is 0 Å². The van der Waals surface area contributed by atoms with E-state index in [0.717, 1.165) is 51.0 Å². The average molecular weight is 531 g/mol. The van der Waals surface area contributed by atoms with Gasteiger partial charge in [-0.25, -0.2) is 4.79 Å². The predicted octanol–water partition coefficient (Wildman–Crippen LogP) is 3.71. The van der Waals surface area contributed by atoms with E-state index in [4.69, 9.17) is 19.4 Å². The molecule has 2 aromatic heterocycles. The molecule has 2 bridgehead atoms. The van der Waals surface area contributed by atoms with E-state index in [2.05, 4.69) is 30.8 Å². The Morgan fingerprint density at radius 3 is 2.49 bits per heavy atom. The fourth-order valence-corrected chi connectivity index (χ4v) is 5.38. The van der Waals surface area contributed by atoms with Crippen LogP contribution >= 0.6 is 0 Å². The zero-order chi connectivity index (χ0) is 26.4. The first kappa shape index (κ1) is 25.4. The van der Waals surface area contributed by atoms with Crippen LogP contribution in [-0.2, 0) is 4.74 Å². The van der Waals surface area contributed by atoms with Crippen molar-refractivity contribution in [2.45, 2.75) is 44.3 Å². The van der Waals surface area contributed by atoms with Gasteiger partial charge in [-0.3, -0.25) is 4.98 Å². The zero-order valence-electron chi connectivity index (χ0n) is 21.9. The van der Waals surface area contributed by atoms with Crippen molar-refractivity contribution >= 4 is 23.4 Å². The van der Waals surface area contributed by atoms with Gasteiger partial charge < -0.3 is 30.3 Å². The van der Waals surface area contributed by atoms with Crippen molar-refractivity contribution in [1.29, 1.82) is 0 Å². The summed E-state index contributed by atoms with van der Waals surface area (Å²) in [7, 11) is 0. The second-order valence-corrected chi connectivity index (χ2v) is 10.3. The number of anilines is 3. The Bertz CT molecular complexity index is 1240. The van der Waals surface area contributed by atoms with E-state index in [1.807, 2.05) is 24.3 Å². The molecule has 11 heteroatoms. The van der Waals surface area contributed by atoms with Gasteiger partial charge in [0.15, 0.2) is 5.82 Å². The van der Waals surface area contributed by atoms with Gasteiger partial charge in [0.25, 0.3) is 0 Å². The number of nitrogens with zero attached hydrogens (tertiary/aromatic N) is 5. The number of fused-ring (bicyclic) bond motifs is 2. The molecular formula is C28H34N8O3. The first-order valence-corrected chi connectivity index (χ1v) is 13.8. The molecule has 39 heavy (non-hydrogen) atoms. The smallest absolute Gasteiger partial charge is 0.323 e. The molecule has 0 saturated carbocycles. The minimum Gasteiger partial charge on any atom is -0.463 e. The van der Waals surface area contributed by atoms with Crippen molar-refractivity contribution in [2.75, 3.05) is 48.3 Å². The lowest BCUT2D eigenvalue weighted by molar-refractivity contribution is 0.0298. The van der Waals surface area contributed by atoms with Crippen LogP contribution in [0.25, 0.3) is 11.4 Å². The van der Waals surface area contributed by atoms with Crippen LogP contribution < -0.4 is 25.6 Å². The zero-order valence-corrected chi connectivity index (χ0v) is 21.9. The van der Waals surface area contributed by atoms with Crippen molar-refractivity contribution in [1.82, 2.24) is 25.3 Å². The molecule has 3 N–H and O–H groups in total. The lowest BCUT2D eigenvalue weighted by atomic mass is 9.95. The maximum Gasteiger partial charge on any atom is 0.323 e. The first-order chi connectivity index (χ1) is 19.2. The molecule has 11 nitrogen and oxygen atoms in total. The summed E-state index contributed by atoms with van der Waals surface area (Å²) in [4.78, 5) is 32.7. The van der Waals surface area contributed by atoms with E-state index >= 15 is 0 Å². The molecule has 6 rings (SSSR count). The summed E-state index contributed by atoms with van der Waals surface area (Å²) in [5.41, 5.74) is 2.09. The molecule has 0 radical (unpaired) electrons. The Morgan fingerprint density at radius 2 is 1.74 bits per heavy atom. The summed E-state index contributed by atoms with van der Waals surface area (Å²) < 4.78 is 12.1. The third kappa shape index (κ3) is 6.61. The highest BCUT2D eigenvalue weighted by Crippen LogP contribution is 2.30. The molecule has 0 spiro atoms. The number of piperidine rings is 1. The summed E-state index contributed by atoms with van der Waals surface area (Å²) in [6.07, 6.45) is 9.16. The maximum atomic E-state index is 12.4.